The molecule has 0 aliphatic heterocycles. The van der Waals surface area contributed by atoms with Crippen LogP contribution in [0.4, 0.5) is 20.2 Å². The summed E-state index contributed by atoms with van der Waals surface area (Å²) in [5.41, 5.74) is -0.426. The first-order chi connectivity index (χ1) is 10.0. The van der Waals surface area contributed by atoms with Gasteiger partial charge in [0.2, 0.25) is 0 Å². The number of hydrogen-bond donors (Lipinski definition) is 2. The van der Waals surface area contributed by atoms with Gasteiger partial charge in [0.05, 0.1) is 36.3 Å². The number of nitrogens with zero attached hydrogens (tertiary/aromatic N) is 2. The van der Waals surface area contributed by atoms with Crippen molar-refractivity contribution in [1.82, 2.24) is 9.78 Å². The number of halogens is 2. The lowest BCUT2D eigenvalue weighted by molar-refractivity contribution is 0.0690. The molecule has 0 spiro atoms. The van der Waals surface area contributed by atoms with Gasteiger partial charge < -0.3 is 15.2 Å². The van der Waals surface area contributed by atoms with Gasteiger partial charge in [-0.25, -0.2) is 13.6 Å². The lowest BCUT2D eigenvalue weighted by Crippen LogP contribution is -2.05. The molecule has 1 heterocycles. The first-order valence-corrected chi connectivity index (χ1v) is 6.02. The van der Waals surface area contributed by atoms with E-state index in [2.05, 4.69) is 10.4 Å². The van der Waals surface area contributed by atoms with Gasteiger partial charge in [-0.1, -0.05) is 0 Å². The highest BCUT2D eigenvalue weighted by molar-refractivity contribution is 5.88. The number of nitrogens with one attached hydrogen (secondary N) is 1. The quantitative estimate of drug-likeness (QED) is 0.855. The van der Waals surface area contributed by atoms with Crippen molar-refractivity contribution in [2.45, 2.75) is 6.54 Å². The van der Waals surface area contributed by atoms with Crippen molar-refractivity contribution in [3.8, 4) is 0 Å². The van der Waals surface area contributed by atoms with E-state index in [1.54, 1.807) is 18.0 Å². The fraction of sp³-hybridized carbons (Fsp3) is 0.231. The molecule has 1 aromatic heterocycles. The molecule has 2 rings (SSSR count). The fourth-order valence-electron chi connectivity index (χ4n) is 1.70. The Morgan fingerprint density at radius 3 is 2.86 bits per heavy atom. The lowest BCUT2D eigenvalue weighted by atomic mass is 10.2. The van der Waals surface area contributed by atoms with Crippen LogP contribution < -0.4 is 5.32 Å². The molecule has 112 valence electrons. The van der Waals surface area contributed by atoms with Crippen molar-refractivity contribution in [2.24, 2.45) is 0 Å². The maximum absolute atomic E-state index is 13.8. The Kier molecular flexibility index (Phi) is 4.49. The molecule has 21 heavy (non-hydrogen) atoms. The van der Waals surface area contributed by atoms with Crippen LogP contribution in [0.2, 0.25) is 0 Å². The zero-order valence-electron chi connectivity index (χ0n) is 11.1. The summed E-state index contributed by atoms with van der Waals surface area (Å²) in [6.07, 6.45) is 3.04. The first-order valence-electron chi connectivity index (χ1n) is 6.02. The third-order valence-electron chi connectivity index (χ3n) is 2.75. The first kappa shape index (κ1) is 14.9. The second-order valence-corrected chi connectivity index (χ2v) is 4.20. The smallest absolute Gasteiger partial charge is 0.338 e. The average Bonchev–Trinajstić information content (AvgIpc) is 2.89. The normalized spacial score (nSPS) is 10.6. The van der Waals surface area contributed by atoms with Gasteiger partial charge in [0.25, 0.3) is 0 Å². The van der Waals surface area contributed by atoms with Crippen LogP contribution in [0.15, 0.2) is 24.5 Å². The molecule has 0 radical (unpaired) electrons. The molecular weight excluding hydrogens is 284 g/mol. The Labute approximate surface area is 119 Å². The van der Waals surface area contributed by atoms with Crippen LogP contribution in [-0.4, -0.2) is 34.6 Å². The van der Waals surface area contributed by atoms with E-state index in [0.29, 0.717) is 18.8 Å². The number of ether oxygens (including phenoxy) is 1. The number of anilines is 2. The Morgan fingerprint density at radius 2 is 2.19 bits per heavy atom. The fourth-order valence-corrected chi connectivity index (χ4v) is 1.70. The molecule has 0 unspecified atom stereocenters. The van der Waals surface area contributed by atoms with Crippen LogP contribution in [0, 0.1) is 11.6 Å². The van der Waals surface area contributed by atoms with Gasteiger partial charge in [-0.05, 0) is 12.1 Å². The minimum Gasteiger partial charge on any atom is -0.478 e. The van der Waals surface area contributed by atoms with Crippen LogP contribution in [0.5, 0.6) is 0 Å². The largest absolute Gasteiger partial charge is 0.478 e. The van der Waals surface area contributed by atoms with Crippen LogP contribution in [0.1, 0.15) is 10.4 Å². The molecule has 0 bridgehead atoms. The summed E-state index contributed by atoms with van der Waals surface area (Å²) in [7, 11) is 1.56. The monoisotopic (exact) mass is 297 g/mol. The number of benzene rings is 1. The van der Waals surface area contributed by atoms with Gasteiger partial charge in [-0.15, -0.1) is 0 Å². The van der Waals surface area contributed by atoms with Crippen molar-refractivity contribution < 1.29 is 23.4 Å². The minimum atomic E-state index is -1.52. The summed E-state index contributed by atoms with van der Waals surface area (Å²) in [5, 5.41) is 15.4. The Balaban J connectivity index is 2.18. The molecule has 0 saturated heterocycles. The van der Waals surface area contributed by atoms with Crippen molar-refractivity contribution >= 4 is 17.3 Å². The van der Waals surface area contributed by atoms with Crippen LogP contribution in [0.3, 0.4) is 0 Å². The van der Waals surface area contributed by atoms with E-state index >= 15 is 0 Å². The van der Waals surface area contributed by atoms with Gasteiger partial charge >= 0.3 is 5.97 Å². The van der Waals surface area contributed by atoms with Gasteiger partial charge in [0.15, 0.2) is 11.6 Å². The second-order valence-electron chi connectivity index (χ2n) is 4.20. The van der Waals surface area contributed by atoms with E-state index < -0.39 is 23.2 Å². The maximum Gasteiger partial charge on any atom is 0.338 e. The van der Waals surface area contributed by atoms with Crippen molar-refractivity contribution in [3.05, 3.63) is 41.7 Å². The molecular formula is C13H13F2N3O3. The molecule has 0 amide bonds. The Bertz CT molecular complexity index is 658. The standard InChI is InChI=1S/C13H13F2N3O3/c1-21-5-4-18-7-8(6-16-18)17-10-3-2-9(13(19)20)11(14)12(10)15/h2-3,6-7,17H,4-5H2,1H3,(H,19,20). The highest BCUT2D eigenvalue weighted by Crippen LogP contribution is 2.24. The summed E-state index contributed by atoms with van der Waals surface area (Å²) < 4.78 is 33.8. The summed E-state index contributed by atoms with van der Waals surface area (Å²) in [5.74, 6) is -4.18. The lowest BCUT2D eigenvalue weighted by Gasteiger charge is -2.07. The molecule has 2 N–H and O–H groups in total. The highest BCUT2D eigenvalue weighted by Gasteiger charge is 2.18. The van der Waals surface area contributed by atoms with E-state index in [0.717, 1.165) is 12.1 Å². The SMILES string of the molecule is COCCn1cc(Nc2ccc(C(=O)O)c(F)c2F)cn1. The van der Waals surface area contributed by atoms with Crippen LogP contribution in [-0.2, 0) is 11.3 Å². The van der Waals surface area contributed by atoms with Gasteiger partial charge in [0.1, 0.15) is 0 Å². The van der Waals surface area contributed by atoms with E-state index in [9.17, 15) is 13.6 Å². The molecule has 6 nitrogen and oxygen atoms in total. The maximum atomic E-state index is 13.8. The summed E-state index contributed by atoms with van der Waals surface area (Å²) >= 11 is 0. The number of hydrogen-bond acceptors (Lipinski definition) is 4. The summed E-state index contributed by atoms with van der Waals surface area (Å²) in [6, 6.07) is 2.16. The third kappa shape index (κ3) is 3.34. The molecule has 1 aromatic carbocycles. The molecule has 8 heteroatoms. The van der Waals surface area contributed by atoms with Crippen LogP contribution >= 0.6 is 0 Å². The van der Waals surface area contributed by atoms with Crippen molar-refractivity contribution in [1.29, 1.82) is 0 Å². The molecule has 0 saturated carbocycles. The van der Waals surface area contributed by atoms with E-state index in [1.807, 2.05) is 0 Å². The second kappa shape index (κ2) is 6.31. The molecule has 0 aliphatic carbocycles. The molecule has 0 fully saturated rings. The van der Waals surface area contributed by atoms with E-state index in [-0.39, 0.29) is 5.69 Å². The number of aromatic carboxylic acids is 1. The minimum absolute atomic E-state index is 0.163. The molecule has 0 atom stereocenters. The molecule has 0 aliphatic rings. The van der Waals surface area contributed by atoms with Crippen LogP contribution in [0.25, 0.3) is 0 Å². The predicted molar refractivity (Wildman–Crippen MR) is 70.7 cm³/mol. The van der Waals surface area contributed by atoms with Gasteiger partial charge in [0, 0.05) is 13.3 Å². The highest BCUT2D eigenvalue weighted by atomic mass is 19.2. The third-order valence-corrected chi connectivity index (χ3v) is 2.75. The zero-order valence-corrected chi connectivity index (χ0v) is 11.1. The number of rotatable bonds is 6. The zero-order chi connectivity index (χ0) is 15.4. The van der Waals surface area contributed by atoms with Crippen molar-refractivity contribution in [2.75, 3.05) is 19.0 Å². The van der Waals surface area contributed by atoms with Gasteiger partial charge in [-0.2, -0.15) is 5.10 Å². The number of carboxylic acids is 1. The number of carbonyl (C=O) groups is 1. The van der Waals surface area contributed by atoms with E-state index in [1.165, 1.54) is 6.20 Å². The number of aromatic nitrogens is 2. The Morgan fingerprint density at radius 1 is 1.43 bits per heavy atom. The summed E-state index contributed by atoms with van der Waals surface area (Å²) in [6.45, 7) is 0.990. The average molecular weight is 297 g/mol. The predicted octanol–water partition coefficient (Wildman–Crippen LogP) is 2.25. The van der Waals surface area contributed by atoms with Gasteiger partial charge in [-0.3, -0.25) is 4.68 Å². The topological polar surface area (TPSA) is 76.4 Å². The van der Waals surface area contributed by atoms with Crippen molar-refractivity contribution in [3.63, 3.8) is 0 Å². The molecule has 2 aromatic rings. The summed E-state index contributed by atoms with van der Waals surface area (Å²) in [4.78, 5) is 10.7. The Hall–Kier alpha value is -2.48. The van der Waals surface area contributed by atoms with E-state index in [4.69, 9.17) is 9.84 Å². The number of carboxylic acid groups (broad SMARTS) is 1. The number of methoxy groups -OCH3 is 1.